The predicted octanol–water partition coefficient (Wildman–Crippen LogP) is 3.10. The van der Waals surface area contributed by atoms with Crippen molar-refractivity contribution in [2.45, 2.75) is 25.7 Å². The van der Waals surface area contributed by atoms with Crippen LogP contribution in [0.2, 0.25) is 5.28 Å². The smallest absolute Gasteiger partial charge is 0.228 e. The van der Waals surface area contributed by atoms with Crippen LogP contribution in [0.4, 0.5) is 11.9 Å². The van der Waals surface area contributed by atoms with Gasteiger partial charge in [0.05, 0.1) is 0 Å². The van der Waals surface area contributed by atoms with Crippen LogP contribution in [-0.4, -0.2) is 28.0 Å². The first-order chi connectivity index (χ1) is 10.3. The molecule has 110 valence electrons. The van der Waals surface area contributed by atoms with Gasteiger partial charge in [0.2, 0.25) is 17.2 Å². The molecule has 2 aromatic rings. The minimum absolute atomic E-state index is 0.208. The van der Waals surface area contributed by atoms with Gasteiger partial charge in [-0.3, -0.25) is 0 Å². The number of hydrogen-bond donors (Lipinski definition) is 2. The van der Waals surface area contributed by atoms with Crippen molar-refractivity contribution in [1.29, 1.82) is 0 Å². The van der Waals surface area contributed by atoms with Gasteiger partial charge < -0.3 is 10.6 Å². The molecule has 2 N–H and O–H groups in total. The van der Waals surface area contributed by atoms with Gasteiger partial charge in [-0.2, -0.15) is 15.0 Å². The molecule has 5 nitrogen and oxygen atoms in total. The summed E-state index contributed by atoms with van der Waals surface area (Å²) in [5.41, 5.74) is 2.85. The van der Waals surface area contributed by atoms with Gasteiger partial charge in [0.1, 0.15) is 0 Å². The molecule has 0 spiro atoms. The van der Waals surface area contributed by atoms with Crippen molar-refractivity contribution in [1.82, 2.24) is 15.0 Å². The van der Waals surface area contributed by atoms with Crippen molar-refractivity contribution in [2.24, 2.45) is 0 Å². The highest BCUT2D eigenvalue weighted by Gasteiger charge is 2.25. The Balaban J connectivity index is 1.62. The Morgan fingerprint density at radius 1 is 1.14 bits per heavy atom. The zero-order valence-corrected chi connectivity index (χ0v) is 12.7. The molecule has 1 aromatic carbocycles. The first kappa shape index (κ1) is 14.1. The van der Waals surface area contributed by atoms with Crippen LogP contribution in [0.1, 0.15) is 30.4 Å². The number of nitrogens with one attached hydrogen (secondary N) is 2. The lowest BCUT2D eigenvalue weighted by Crippen LogP contribution is -2.25. The zero-order chi connectivity index (χ0) is 14.7. The van der Waals surface area contributed by atoms with Crippen LogP contribution in [0, 0.1) is 0 Å². The Bertz CT molecular complexity index is 631. The summed E-state index contributed by atoms with van der Waals surface area (Å²) in [6.07, 6.45) is 2.11. The Morgan fingerprint density at radius 2 is 1.90 bits per heavy atom. The van der Waals surface area contributed by atoms with Crippen molar-refractivity contribution < 1.29 is 0 Å². The molecule has 1 aromatic heterocycles. The lowest BCUT2D eigenvalue weighted by Gasteiger charge is -2.30. The first-order valence-corrected chi connectivity index (χ1v) is 7.61. The normalized spacial score (nSPS) is 16.0. The van der Waals surface area contributed by atoms with Gasteiger partial charge in [-0.1, -0.05) is 31.2 Å². The van der Waals surface area contributed by atoms with Gasteiger partial charge >= 0.3 is 0 Å². The number of benzene rings is 1. The van der Waals surface area contributed by atoms with E-state index in [1.165, 1.54) is 11.1 Å². The number of anilines is 2. The zero-order valence-electron chi connectivity index (χ0n) is 11.9. The molecular formula is C15H18ClN5. The number of fused-ring (bicyclic) bond motifs is 1. The predicted molar refractivity (Wildman–Crippen MR) is 85.0 cm³/mol. The molecule has 1 heterocycles. The SMILES string of the molecule is CCCNc1nc(Cl)nc(NCC2Cc3ccccc32)n1. The lowest BCUT2D eigenvalue weighted by atomic mass is 9.78. The van der Waals surface area contributed by atoms with Crippen LogP contribution in [-0.2, 0) is 6.42 Å². The Labute approximate surface area is 129 Å². The third-order valence-electron chi connectivity index (χ3n) is 3.61. The van der Waals surface area contributed by atoms with Crippen LogP contribution in [0.5, 0.6) is 0 Å². The molecule has 0 saturated carbocycles. The van der Waals surface area contributed by atoms with Crippen LogP contribution in [0.25, 0.3) is 0 Å². The van der Waals surface area contributed by atoms with E-state index in [9.17, 15) is 0 Å². The quantitative estimate of drug-likeness (QED) is 0.858. The average Bonchev–Trinajstić information content (AvgIpc) is 2.45. The highest BCUT2D eigenvalue weighted by Crippen LogP contribution is 2.34. The Morgan fingerprint density at radius 3 is 2.67 bits per heavy atom. The summed E-state index contributed by atoms with van der Waals surface area (Å²) in [6, 6.07) is 8.52. The van der Waals surface area contributed by atoms with Gasteiger partial charge in [-0.05, 0) is 35.6 Å². The molecule has 1 aliphatic carbocycles. The molecule has 21 heavy (non-hydrogen) atoms. The van der Waals surface area contributed by atoms with Crippen molar-refractivity contribution in [3.63, 3.8) is 0 Å². The van der Waals surface area contributed by atoms with E-state index < -0.39 is 0 Å². The van der Waals surface area contributed by atoms with E-state index >= 15 is 0 Å². The third-order valence-corrected chi connectivity index (χ3v) is 3.78. The van der Waals surface area contributed by atoms with Gasteiger partial charge in [0.25, 0.3) is 0 Å². The summed E-state index contributed by atoms with van der Waals surface area (Å²) in [6.45, 7) is 3.71. The van der Waals surface area contributed by atoms with Gasteiger partial charge in [0.15, 0.2) is 0 Å². The second-order valence-corrected chi connectivity index (χ2v) is 5.50. The monoisotopic (exact) mass is 303 g/mol. The topological polar surface area (TPSA) is 62.7 Å². The number of hydrogen-bond acceptors (Lipinski definition) is 5. The summed E-state index contributed by atoms with van der Waals surface area (Å²) in [5, 5.41) is 6.59. The lowest BCUT2D eigenvalue weighted by molar-refractivity contribution is 0.633. The molecule has 1 atom stereocenters. The van der Waals surface area contributed by atoms with Crippen molar-refractivity contribution in [3.8, 4) is 0 Å². The molecule has 0 bridgehead atoms. The van der Waals surface area contributed by atoms with E-state index in [1.54, 1.807) is 0 Å². The summed E-state index contributed by atoms with van der Waals surface area (Å²) < 4.78 is 0. The van der Waals surface area contributed by atoms with E-state index in [-0.39, 0.29) is 5.28 Å². The molecule has 0 amide bonds. The summed E-state index contributed by atoms with van der Waals surface area (Å²) in [4.78, 5) is 12.5. The standard InChI is InChI=1S/C15H18ClN5/c1-2-7-17-14-19-13(16)20-15(21-14)18-9-11-8-10-5-3-4-6-12(10)11/h3-6,11H,2,7-9H2,1H3,(H2,17,18,19,20,21). The van der Waals surface area contributed by atoms with Gasteiger partial charge in [-0.25, -0.2) is 0 Å². The fraction of sp³-hybridized carbons (Fsp3) is 0.400. The van der Waals surface area contributed by atoms with Crippen LogP contribution >= 0.6 is 11.6 Å². The van der Waals surface area contributed by atoms with E-state index in [4.69, 9.17) is 11.6 Å². The molecule has 0 fully saturated rings. The maximum absolute atomic E-state index is 5.93. The van der Waals surface area contributed by atoms with Crippen LogP contribution in [0.15, 0.2) is 24.3 Å². The second kappa shape index (κ2) is 6.26. The molecule has 3 rings (SSSR count). The van der Waals surface area contributed by atoms with Gasteiger partial charge in [0, 0.05) is 19.0 Å². The molecule has 1 aliphatic rings. The number of rotatable bonds is 6. The average molecular weight is 304 g/mol. The minimum Gasteiger partial charge on any atom is -0.354 e. The van der Waals surface area contributed by atoms with E-state index in [0.717, 1.165) is 25.9 Å². The molecule has 0 aliphatic heterocycles. The molecule has 0 radical (unpaired) electrons. The highest BCUT2D eigenvalue weighted by molar-refractivity contribution is 6.28. The Hall–Kier alpha value is -1.88. The maximum Gasteiger partial charge on any atom is 0.228 e. The van der Waals surface area contributed by atoms with Crippen molar-refractivity contribution in [3.05, 3.63) is 40.7 Å². The van der Waals surface area contributed by atoms with Crippen LogP contribution < -0.4 is 10.6 Å². The van der Waals surface area contributed by atoms with E-state index in [2.05, 4.69) is 56.8 Å². The van der Waals surface area contributed by atoms with Gasteiger partial charge in [-0.15, -0.1) is 0 Å². The third kappa shape index (κ3) is 3.24. The molecule has 1 unspecified atom stereocenters. The largest absolute Gasteiger partial charge is 0.354 e. The number of aromatic nitrogens is 3. The van der Waals surface area contributed by atoms with E-state index in [0.29, 0.717) is 17.8 Å². The second-order valence-electron chi connectivity index (χ2n) is 5.16. The highest BCUT2D eigenvalue weighted by atomic mass is 35.5. The van der Waals surface area contributed by atoms with E-state index in [1.807, 2.05) is 0 Å². The summed E-state index contributed by atoms with van der Waals surface area (Å²) in [5.74, 6) is 1.56. The fourth-order valence-electron chi connectivity index (χ4n) is 2.50. The van der Waals surface area contributed by atoms with Crippen molar-refractivity contribution in [2.75, 3.05) is 23.7 Å². The number of halogens is 1. The van der Waals surface area contributed by atoms with Crippen LogP contribution in [0.3, 0.4) is 0 Å². The maximum atomic E-state index is 5.93. The molecule has 6 heteroatoms. The van der Waals surface area contributed by atoms with Crippen molar-refractivity contribution >= 4 is 23.5 Å². The summed E-state index contributed by atoms with van der Waals surface area (Å²) in [7, 11) is 0. The first-order valence-electron chi connectivity index (χ1n) is 7.23. The fourth-order valence-corrected chi connectivity index (χ4v) is 2.66. The Kier molecular flexibility index (Phi) is 4.20. The minimum atomic E-state index is 0.208. The molecule has 0 saturated heterocycles. The molecular weight excluding hydrogens is 286 g/mol. The number of nitrogens with zero attached hydrogens (tertiary/aromatic N) is 3. The summed E-state index contributed by atoms with van der Waals surface area (Å²) >= 11 is 5.93.